The molecule has 0 aromatic carbocycles. The maximum atomic E-state index is 12.5. The standard InChI is InChI=1S/C20H31N5O2/c1-5-18-21-14(4)10-19(22-18)24-11-16-17(12-24)27-20(26)25(16)15-6-8-23(9-7-15)13(2)3/h10,13,15-17H,5-9,11-12H2,1-4H3/t16-,17+/m1/s1. The molecule has 1 aromatic rings. The zero-order valence-electron chi connectivity index (χ0n) is 16.9. The van der Waals surface area contributed by atoms with Gasteiger partial charge in [-0.1, -0.05) is 6.92 Å². The molecule has 0 radical (unpaired) electrons. The highest BCUT2D eigenvalue weighted by Crippen LogP contribution is 2.33. The SMILES string of the molecule is CCc1nc(C)cc(N2C[C@@H]3OC(=O)N(C4CCN(C(C)C)CC4)[C@@H]3C2)n1. The molecule has 3 saturated heterocycles. The average molecular weight is 374 g/mol. The lowest BCUT2D eigenvalue weighted by molar-refractivity contribution is 0.0946. The summed E-state index contributed by atoms with van der Waals surface area (Å²) in [6.45, 7) is 12.2. The van der Waals surface area contributed by atoms with Crippen LogP contribution in [-0.4, -0.2) is 76.3 Å². The van der Waals surface area contributed by atoms with E-state index in [0.29, 0.717) is 12.1 Å². The fourth-order valence-electron chi connectivity index (χ4n) is 4.69. The Hall–Kier alpha value is -1.89. The number of ether oxygens (including phenoxy) is 1. The maximum Gasteiger partial charge on any atom is 0.410 e. The molecule has 27 heavy (non-hydrogen) atoms. The van der Waals surface area contributed by atoms with Crippen LogP contribution >= 0.6 is 0 Å². The highest BCUT2D eigenvalue weighted by Gasteiger charge is 2.50. The van der Waals surface area contributed by atoms with Gasteiger partial charge in [0.25, 0.3) is 0 Å². The van der Waals surface area contributed by atoms with E-state index in [0.717, 1.165) is 62.8 Å². The van der Waals surface area contributed by atoms with Gasteiger partial charge in [0, 0.05) is 49.9 Å². The second-order valence-electron chi connectivity index (χ2n) is 8.30. The van der Waals surface area contributed by atoms with Crippen molar-refractivity contribution in [2.24, 2.45) is 0 Å². The minimum absolute atomic E-state index is 0.0547. The number of amides is 1. The smallest absolute Gasteiger partial charge is 0.410 e. The molecule has 3 aliphatic rings. The summed E-state index contributed by atoms with van der Waals surface area (Å²) < 4.78 is 5.75. The normalized spacial score (nSPS) is 26.8. The second-order valence-corrected chi connectivity index (χ2v) is 8.30. The molecule has 0 bridgehead atoms. The van der Waals surface area contributed by atoms with Gasteiger partial charge in [-0.3, -0.25) is 4.90 Å². The van der Waals surface area contributed by atoms with Crippen molar-refractivity contribution >= 4 is 11.9 Å². The van der Waals surface area contributed by atoms with Gasteiger partial charge in [-0.05, 0) is 33.6 Å². The van der Waals surface area contributed by atoms with Gasteiger partial charge in [0.05, 0.1) is 12.6 Å². The topological polar surface area (TPSA) is 61.8 Å². The van der Waals surface area contributed by atoms with Gasteiger partial charge >= 0.3 is 6.09 Å². The van der Waals surface area contributed by atoms with Gasteiger partial charge in [0.1, 0.15) is 17.7 Å². The van der Waals surface area contributed by atoms with E-state index in [1.807, 2.05) is 17.9 Å². The van der Waals surface area contributed by atoms with Crippen molar-refractivity contribution in [3.63, 3.8) is 0 Å². The number of piperidine rings is 1. The largest absolute Gasteiger partial charge is 0.442 e. The zero-order chi connectivity index (χ0) is 19.1. The van der Waals surface area contributed by atoms with Crippen LogP contribution in [-0.2, 0) is 11.2 Å². The van der Waals surface area contributed by atoms with E-state index in [2.05, 4.69) is 35.6 Å². The number of likely N-dealkylation sites (tertiary alicyclic amines) is 1. The van der Waals surface area contributed by atoms with E-state index in [1.165, 1.54) is 0 Å². The van der Waals surface area contributed by atoms with Crippen molar-refractivity contribution in [3.8, 4) is 0 Å². The second kappa shape index (κ2) is 7.26. The van der Waals surface area contributed by atoms with Gasteiger partial charge in [0.2, 0.25) is 0 Å². The first-order chi connectivity index (χ1) is 13.0. The molecule has 0 aliphatic carbocycles. The lowest BCUT2D eigenvalue weighted by Crippen LogP contribution is -2.51. The van der Waals surface area contributed by atoms with E-state index in [9.17, 15) is 4.79 Å². The summed E-state index contributed by atoms with van der Waals surface area (Å²) in [7, 11) is 0. The number of hydrogen-bond donors (Lipinski definition) is 0. The van der Waals surface area contributed by atoms with E-state index >= 15 is 0 Å². The molecule has 148 valence electrons. The van der Waals surface area contributed by atoms with Gasteiger partial charge in [0.15, 0.2) is 0 Å². The summed E-state index contributed by atoms with van der Waals surface area (Å²) in [5, 5.41) is 0. The maximum absolute atomic E-state index is 12.5. The Morgan fingerprint density at radius 1 is 1.22 bits per heavy atom. The van der Waals surface area contributed by atoms with Crippen LogP contribution in [0.3, 0.4) is 0 Å². The number of anilines is 1. The zero-order valence-corrected chi connectivity index (χ0v) is 16.9. The monoisotopic (exact) mass is 373 g/mol. The first-order valence-corrected chi connectivity index (χ1v) is 10.3. The Labute approximate surface area is 161 Å². The van der Waals surface area contributed by atoms with Crippen molar-refractivity contribution in [3.05, 3.63) is 17.6 Å². The number of nitrogens with zero attached hydrogens (tertiary/aromatic N) is 5. The van der Waals surface area contributed by atoms with E-state index in [-0.39, 0.29) is 18.2 Å². The quantitative estimate of drug-likeness (QED) is 0.807. The van der Waals surface area contributed by atoms with Gasteiger partial charge in [-0.2, -0.15) is 0 Å². The lowest BCUT2D eigenvalue weighted by Gasteiger charge is -2.39. The fraction of sp³-hybridized carbons (Fsp3) is 0.750. The molecule has 1 aromatic heterocycles. The van der Waals surface area contributed by atoms with Gasteiger partial charge in [-0.25, -0.2) is 14.8 Å². The van der Waals surface area contributed by atoms with Crippen LogP contribution in [0.5, 0.6) is 0 Å². The Morgan fingerprint density at radius 2 is 1.96 bits per heavy atom. The molecule has 0 unspecified atom stereocenters. The van der Waals surface area contributed by atoms with Crippen LogP contribution in [0, 0.1) is 6.92 Å². The number of hydrogen-bond acceptors (Lipinski definition) is 6. The van der Waals surface area contributed by atoms with Crippen molar-refractivity contribution in [1.29, 1.82) is 0 Å². The third kappa shape index (κ3) is 3.49. The summed E-state index contributed by atoms with van der Waals surface area (Å²) >= 11 is 0. The van der Waals surface area contributed by atoms with Gasteiger partial charge < -0.3 is 14.5 Å². The van der Waals surface area contributed by atoms with Crippen LogP contribution in [0.2, 0.25) is 0 Å². The van der Waals surface area contributed by atoms with Crippen LogP contribution in [0.25, 0.3) is 0 Å². The molecule has 0 spiro atoms. The molecular weight excluding hydrogens is 342 g/mol. The number of aromatic nitrogens is 2. The first-order valence-electron chi connectivity index (χ1n) is 10.3. The molecule has 0 N–H and O–H groups in total. The molecule has 3 fully saturated rings. The highest BCUT2D eigenvalue weighted by atomic mass is 16.6. The number of rotatable bonds is 4. The summed E-state index contributed by atoms with van der Waals surface area (Å²) in [5.74, 6) is 1.83. The number of fused-ring (bicyclic) bond motifs is 1. The molecule has 7 heteroatoms. The van der Waals surface area contributed by atoms with E-state index < -0.39 is 0 Å². The fourth-order valence-corrected chi connectivity index (χ4v) is 4.69. The van der Waals surface area contributed by atoms with Crippen LogP contribution in [0.4, 0.5) is 10.6 Å². The molecule has 2 atom stereocenters. The summed E-state index contributed by atoms with van der Waals surface area (Å²) in [6, 6.07) is 3.03. The minimum atomic E-state index is -0.124. The summed E-state index contributed by atoms with van der Waals surface area (Å²) in [5.41, 5.74) is 0.990. The summed E-state index contributed by atoms with van der Waals surface area (Å²) in [6.07, 6.45) is 2.71. The van der Waals surface area contributed by atoms with E-state index in [1.54, 1.807) is 0 Å². The predicted molar refractivity (Wildman–Crippen MR) is 104 cm³/mol. The van der Waals surface area contributed by atoms with E-state index in [4.69, 9.17) is 9.72 Å². The number of aryl methyl sites for hydroxylation is 2. The Balaban J connectivity index is 1.47. The van der Waals surface area contributed by atoms with Crippen molar-refractivity contribution in [1.82, 2.24) is 19.8 Å². The van der Waals surface area contributed by atoms with Crippen molar-refractivity contribution in [2.75, 3.05) is 31.1 Å². The minimum Gasteiger partial charge on any atom is -0.442 e. The molecule has 0 saturated carbocycles. The number of carbonyl (C=O) groups is 1. The Morgan fingerprint density at radius 3 is 2.63 bits per heavy atom. The Bertz CT molecular complexity index is 702. The van der Waals surface area contributed by atoms with Crippen molar-refractivity contribution in [2.45, 2.75) is 71.2 Å². The predicted octanol–water partition coefficient (Wildman–Crippen LogP) is 2.23. The molecule has 4 rings (SSSR count). The van der Waals surface area contributed by atoms with Crippen LogP contribution < -0.4 is 4.90 Å². The molecule has 7 nitrogen and oxygen atoms in total. The van der Waals surface area contributed by atoms with Gasteiger partial charge in [-0.15, -0.1) is 0 Å². The highest BCUT2D eigenvalue weighted by molar-refractivity contribution is 5.72. The first kappa shape index (κ1) is 18.5. The summed E-state index contributed by atoms with van der Waals surface area (Å²) in [4.78, 5) is 28.5. The third-order valence-electron chi connectivity index (χ3n) is 6.21. The molecule has 1 amide bonds. The van der Waals surface area contributed by atoms with Crippen LogP contribution in [0.1, 0.15) is 45.1 Å². The molecule has 4 heterocycles. The third-order valence-corrected chi connectivity index (χ3v) is 6.21. The molecule has 3 aliphatic heterocycles. The average Bonchev–Trinajstić information content (AvgIpc) is 3.17. The number of carbonyl (C=O) groups excluding carboxylic acids is 1. The van der Waals surface area contributed by atoms with Crippen molar-refractivity contribution < 1.29 is 9.53 Å². The van der Waals surface area contributed by atoms with Crippen LogP contribution in [0.15, 0.2) is 6.07 Å². The Kier molecular flexibility index (Phi) is 4.97. The molecular formula is C20H31N5O2. The lowest BCUT2D eigenvalue weighted by atomic mass is 10.0.